The van der Waals surface area contributed by atoms with Gasteiger partial charge >= 0.3 is 0 Å². The number of rotatable bonds is 7. The predicted octanol–water partition coefficient (Wildman–Crippen LogP) is 3.48. The molecule has 1 amide bonds. The summed E-state index contributed by atoms with van der Waals surface area (Å²) in [5, 5.41) is 6.46. The van der Waals surface area contributed by atoms with E-state index < -0.39 is 0 Å². The van der Waals surface area contributed by atoms with Crippen LogP contribution < -0.4 is 19.5 Å². The molecular weight excluding hydrogens is 402 g/mol. The van der Waals surface area contributed by atoms with Crippen LogP contribution in [0.4, 0.5) is 0 Å². The molecule has 1 aromatic heterocycles. The summed E-state index contributed by atoms with van der Waals surface area (Å²) in [5.41, 5.74) is 0.514. The fourth-order valence-corrected chi connectivity index (χ4v) is 5.45. The third kappa shape index (κ3) is 4.25. The summed E-state index contributed by atoms with van der Waals surface area (Å²) < 4.78 is 16.1. The van der Waals surface area contributed by atoms with Gasteiger partial charge in [0.1, 0.15) is 5.01 Å². The Labute approximate surface area is 181 Å². The van der Waals surface area contributed by atoms with E-state index in [-0.39, 0.29) is 11.9 Å². The van der Waals surface area contributed by atoms with Crippen LogP contribution in [0.15, 0.2) is 23.7 Å². The predicted molar refractivity (Wildman–Crippen MR) is 116 cm³/mol. The summed E-state index contributed by atoms with van der Waals surface area (Å²) in [6.45, 7) is 0.917. The lowest BCUT2D eigenvalue weighted by molar-refractivity contribution is 0.0176. The number of carbonyl (C=O) groups is 1. The second-order valence-electron chi connectivity index (χ2n) is 7.89. The second kappa shape index (κ2) is 9.22. The molecule has 0 radical (unpaired) electrons. The third-order valence-electron chi connectivity index (χ3n) is 6.19. The zero-order chi connectivity index (χ0) is 21.1. The molecule has 0 spiro atoms. The Bertz CT molecular complexity index is 834. The van der Waals surface area contributed by atoms with Crippen LogP contribution in [0, 0.1) is 0 Å². The highest BCUT2D eigenvalue weighted by molar-refractivity contribution is 7.09. The van der Waals surface area contributed by atoms with Gasteiger partial charge in [-0.3, -0.25) is 9.69 Å². The maximum Gasteiger partial charge on any atom is 0.251 e. The van der Waals surface area contributed by atoms with Crippen molar-refractivity contribution >= 4 is 17.2 Å². The Morgan fingerprint density at radius 2 is 1.80 bits per heavy atom. The number of nitrogens with zero attached hydrogens (tertiary/aromatic N) is 2. The number of fused-ring (bicyclic) bond motifs is 2. The molecule has 2 unspecified atom stereocenters. The quantitative estimate of drug-likeness (QED) is 0.724. The number of hydrogen-bond acceptors (Lipinski definition) is 7. The Hall–Kier alpha value is -2.32. The highest BCUT2D eigenvalue weighted by Crippen LogP contribution is 2.39. The molecule has 3 heterocycles. The lowest BCUT2D eigenvalue weighted by atomic mass is 9.81. The van der Waals surface area contributed by atoms with Gasteiger partial charge in [-0.25, -0.2) is 4.98 Å². The highest BCUT2D eigenvalue weighted by Gasteiger charge is 2.39. The summed E-state index contributed by atoms with van der Waals surface area (Å²) in [4.78, 5) is 20.1. The van der Waals surface area contributed by atoms with Gasteiger partial charge in [0.05, 0.1) is 27.9 Å². The minimum absolute atomic E-state index is 0.106. The minimum atomic E-state index is -0.106. The summed E-state index contributed by atoms with van der Waals surface area (Å²) in [6, 6.07) is 4.56. The molecule has 2 saturated heterocycles. The van der Waals surface area contributed by atoms with E-state index in [2.05, 4.69) is 15.2 Å². The van der Waals surface area contributed by atoms with Crippen LogP contribution in [0.25, 0.3) is 0 Å². The van der Waals surface area contributed by atoms with E-state index in [1.165, 1.54) is 24.3 Å². The van der Waals surface area contributed by atoms with Gasteiger partial charge in [-0.1, -0.05) is 6.42 Å². The van der Waals surface area contributed by atoms with Gasteiger partial charge < -0.3 is 19.5 Å². The first-order chi connectivity index (χ1) is 14.6. The molecular formula is C22H29N3O4S. The first-order valence-corrected chi connectivity index (χ1v) is 11.3. The number of piperidine rings is 2. The van der Waals surface area contributed by atoms with Crippen molar-refractivity contribution in [2.24, 2.45) is 0 Å². The van der Waals surface area contributed by atoms with Crippen molar-refractivity contribution in [3.8, 4) is 17.2 Å². The fraction of sp³-hybridized carbons (Fsp3) is 0.545. The molecule has 2 aromatic rings. The molecule has 2 aliphatic rings. The SMILES string of the molecule is COc1cc(C(=O)NC2CC3CCCC(C2)N3Cc2nccs2)cc(OC)c1OC. The summed E-state index contributed by atoms with van der Waals surface area (Å²) in [6.07, 6.45) is 7.43. The van der Waals surface area contributed by atoms with Crippen LogP contribution in [0.1, 0.15) is 47.5 Å². The van der Waals surface area contributed by atoms with Crippen LogP contribution in [-0.4, -0.2) is 55.2 Å². The van der Waals surface area contributed by atoms with Gasteiger partial charge in [-0.05, 0) is 37.8 Å². The first-order valence-electron chi connectivity index (χ1n) is 10.4. The average Bonchev–Trinajstić information content (AvgIpc) is 3.26. The van der Waals surface area contributed by atoms with Crippen LogP contribution in [-0.2, 0) is 6.54 Å². The molecule has 0 aliphatic carbocycles. The number of nitrogens with one attached hydrogen (secondary N) is 1. The fourth-order valence-electron chi connectivity index (χ4n) is 4.82. The van der Waals surface area contributed by atoms with Crippen LogP contribution >= 0.6 is 11.3 Å². The van der Waals surface area contributed by atoms with Crippen molar-refractivity contribution in [2.45, 2.75) is 56.8 Å². The average molecular weight is 432 g/mol. The van der Waals surface area contributed by atoms with Crippen LogP contribution in [0.5, 0.6) is 17.2 Å². The normalized spacial score (nSPS) is 23.6. The van der Waals surface area contributed by atoms with E-state index in [4.69, 9.17) is 14.2 Å². The molecule has 2 atom stereocenters. The maximum atomic E-state index is 13.0. The number of hydrogen-bond donors (Lipinski definition) is 1. The van der Waals surface area contributed by atoms with Crippen molar-refractivity contribution in [3.05, 3.63) is 34.3 Å². The van der Waals surface area contributed by atoms with E-state index in [0.717, 1.165) is 19.4 Å². The van der Waals surface area contributed by atoms with Gasteiger partial charge in [0, 0.05) is 35.3 Å². The number of benzene rings is 1. The molecule has 8 heteroatoms. The first kappa shape index (κ1) is 20.9. The van der Waals surface area contributed by atoms with Gasteiger partial charge in [0.2, 0.25) is 5.75 Å². The maximum absolute atomic E-state index is 13.0. The molecule has 30 heavy (non-hydrogen) atoms. The molecule has 2 aliphatic heterocycles. The number of amides is 1. The summed E-state index contributed by atoms with van der Waals surface area (Å²) in [7, 11) is 4.66. The third-order valence-corrected chi connectivity index (χ3v) is 6.95. The van der Waals surface area contributed by atoms with Gasteiger partial charge in [-0.2, -0.15) is 0 Å². The van der Waals surface area contributed by atoms with Gasteiger partial charge in [0.25, 0.3) is 5.91 Å². The monoisotopic (exact) mass is 431 g/mol. The zero-order valence-electron chi connectivity index (χ0n) is 17.7. The Balaban J connectivity index is 1.46. The Morgan fingerprint density at radius 3 is 2.33 bits per heavy atom. The van der Waals surface area contributed by atoms with Crippen molar-refractivity contribution in [1.82, 2.24) is 15.2 Å². The van der Waals surface area contributed by atoms with Crippen molar-refractivity contribution in [1.29, 1.82) is 0 Å². The number of ether oxygens (including phenoxy) is 3. The highest BCUT2D eigenvalue weighted by atomic mass is 32.1. The molecule has 1 N–H and O–H groups in total. The minimum Gasteiger partial charge on any atom is -0.493 e. The van der Waals surface area contributed by atoms with Gasteiger partial charge in [-0.15, -0.1) is 11.3 Å². The lowest BCUT2D eigenvalue weighted by Crippen LogP contribution is -2.56. The standard InChI is InChI=1S/C22H29N3O4S/c1-27-18-9-14(10-19(28-2)21(18)29-3)22(26)24-15-11-16-5-4-6-17(12-15)25(16)13-20-23-7-8-30-20/h7-10,15-17H,4-6,11-13H2,1-3H3,(H,24,26). The topological polar surface area (TPSA) is 72.9 Å². The number of aromatic nitrogens is 1. The molecule has 4 rings (SSSR count). The van der Waals surface area contributed by atoms with E-state index in [0.29, 0.717) is 34.9 Å². The molecule has 162 valence electrons. The molecule has 0 saturated carbocycles. The van der Waals surface area contributed by atoms with Crippen molar-refractivity contribution < 1.29 is 19.0 Å². The van der Waals surface area contributed by atoms with E-state index >= 15 is 0 Å². The van der Waals surface area contributed by atoms with E-state index in [9.17, 15) is 4.79 Å². The zero-order valence-corrected chi connectivity index (χ0v) is 18.5. The molecule has 2 fully saturated rings. The van der Waals surface area contributed by atoms with E-state index in [1.54, 1.807) is 44.8 Å². The van der Waals surface area contributed by atoms with Gasteiger partial charge in [0.15, 0.2) is 11.5 Å². The molecule has 2 bridgehead atoms. The number of methoxy groups -OCH3 is 3. The largest absolute Gasteiger partial charge is 0.493 e. The molecule has 7 nitrogen and oxygen atoms in total. The Kier molecular flexibility index (Phi) is 6.43. The lowest BCUT2D eigenvalue weighted by Gasteiger charge is -2.48. The number of carbonyl (C=O) groups excluding carboxylic acids is 1. The summed E-state index contributed by atoms with van der Waals surface area (Å²) >= 11 is 1.72. The van der Waals surface area contributed by atoms with Crippen LogP contribution in [0.2, 0.25) is 0 Å². The van der Waals surface area contributed by atoms with Crippen molar-refractivity contribution in [2.75, 3.05) is 21.3 Å². The smallest absolute Gasteiger partial charge is 0.251 e. The number of thiazole rings is 1. The van der Waals surface area contributed by atoms with E-state index in [1.807, 2.05) is 11.6 Å². The molecule has 1 aromatic carbocycles. The van der Waals surface area contributed by atoms with Crippen molar-refractivity contribution in [3.63, 3.8) is 0 Å². The van der Waals surface area contributed by atoms with Crippen LogP contribution in [0.3, 0.4) is 0 Å². The second-order valence-corrected chi connectivity index (χ2v) is 8.87. The summed E-state index contributed by atoms with van der Waals surface area (Å²) in [5.74, 6) is 1.35. The Morgan fingerprint density at radius 1 is 1.13 bits per heavy atom.